The summed E-state index contributed by atoms with van der Waals surface area (Å²) in [6.45, 7) is 1.87. The summed E-state index contributed by atoms with van der Waals surface area (Å²) in [7, 11) is 1.43. The molecule has 2 saturated heterocycles. The molecule has 0 radical (unpaired) electrons. The third-order valence-electron chi connectivity index (χ3n) is 5.42. The molecular formula is C19H23FN2O4S. The highest BCUT2D eigenvalue weighted by molar-refractivity contribution is 7.98. The average molecular weight is 394 g/mol. The normalized spacial score (nSPS) is 29.9. The largest absolute Gasteiger partial charge is 0.465 e. The summed E-state index contributed by atoms with van der Waals surface area (Å²) in [4.78, 5) is 39.8. The van der Waals surface area contributed by atoms with Crippen LogP contribution in [0.15, 0.2) is 24.3 Å². The Bertz CT molecular complexity index is 774. The number of ether oxygens (including phenoxy) is 1. The van der Waals surface area contributed by atoms with Crippen LogP contribution in [-0.2, 0) is 19.1 Å². The quantitative estimate of drug-likeness (QED) is 0.585. The summed E-state index contributed by atoms with van der Waals surface area (Å²) >= 11 is 1.54. The highest BCUT2D eigenvalue weighted by atomic mass is 32.2. The summed E-state index contributed by atoms with van der Waals surface area (Å²) in [6, 6.07) is 5.26. The molecule has 3 rings (SSSR count). The molecule has 0 spiro atoms. The van der Waals surface area contributed by atoms with E-state index in [-0.39, 0.29) is 12.5 Å². The van der Waals surface area contributed by atoms with Crippen molar-refractivity contribution in [2.24, 2.45) is 11.8 Å². The van der Waals surface area contributed by atoms with Crippen LogP contribution in [-0.4, -0.2) is 53.9 Å². The fraction of sp³-hybridized carbons (Fsp3) is 0.526. The topological polar surface area (TPSA) is 75.7 Å². The van der Waals surface area contributed by atoms with E-state index in [0.29, 0.717) is 17.7 Å². The van der Waals surface area contributed by atoms with E-state index in [0.717, 1.165) is 4.90 Å². The Kier molecular flexibility index (Phi) is 5.58. The molecule has 0 aliphatic carbocycles. The SMILES string of the molecule is CCOC(=O)[C@@]1(CCSC)N[C@@H](c2cccc(F)c2)[C@H]2C(=O)N(C)C(=O)[C@@H]21. The number of likely N-dealkylation sites (tertiary alicyclic amines) is 1. The molecule has 2 aliphatic heterocycles. The number of amides is 2. The maximum atomic E-state index is 13.8. The molecule has 27 heavy (non-hydrogen) atoms. The van der Waals surface area contributed by atoms with Crippen molar-refractivity contribution >= 4 is 29.5 Å². The Labute approximate surface area is 161 Å². The Morgan fingerprint density at radius 1 is 1.37 bits per heavy atom. The van der Waals surface area contributed by atoms with Gasteiger partial charge in [-0.05, 0) is 43.0 Å². The van der Waals surface area contributed by atoms with Crippen molar-refractivity contribution in [1.82, 2.24) is 10.2 Å². The Hall–Kier alpha value is -1.93. The van der Waals surface area contributed by atoms with Gasteiger partial charge < -0.3 is 4.74 Å². The van der Waals surface area contributed by atoms with Gasteiger partial charge in [0.1, 0.15) is 11.4 Å². The van der Waals surface area contributed by atoms with Gasteiger partial charge in [0, 0.05) is 13.1 Å². The summed E-state index contributed by atoms with van der Waals surface area (Å²) in [5.41, 5.74) is -0.769. The van der Waals surface area contributed by atoms with Crippen LogP contribution in [0.3, 0.4) is 0 Å². The molecule has 0 aromatic heterocycles. The number of esters is 1. The number of carbonyl (C=O) groups excluding carboxylic acids is 3. The van der Waals surface area contributed by atoms with Crippen LogP contribution >= 0.6 is 11.8 Å². The van der Waals surface area contributed by atoms with Crippen LogP contribution in [0.2, 0.25) is 0 Å². The number of nitrogens with one attached hydrogen (secondary N) is 1. The molecule has 1 N–H and O–H groups in total. The van der Waals surface area contributed by atoms with E-state index in [1.54, 1.807) is 30.8 Å². The van der Waals surface area contributed by atoms with Gasteiger partial charge in [0.25, 0.3) is 0 Å². The molecule has 0 saturated carbocycles. The van der Waals surface area contributed by atoms with Crippen LogP contribution in [0.1, 0.15) is 24.9 Å². The van der Waals surface area contributed by atoms with Crippen molar-refractivity contribution < 1.29 is 23.5 Å². The molecule has 146 valence electrons. The van der Waals surface area contributed by atoms with Gasteiger partial charge in [-0.15, -0.1) is 0 Å². The van der Waals surface area contributed by atoms with Crippen LogP contribution in [0.25, 0.3) is 0 Å². The number of benzene rings is 1. The number of rotatable bonds is 6. The summed E-state index contributed by atoms with van der Waals surface area (Å²) in [5.74, 6) is -2.76. The molecule has 2 fully saturated rings. The van der Waals surface area contributed by atoms with Crippen LogP contribution in [0.5, 0.6) is 0 Å². The number of halogens is 1. The first-order valence-electron chi connectivity index (χ1n) is 8.88. The van der Waals surface area contributed by atoms with Crippen molar-refractivity contribution in [3.8, 4) is 0 Å². The molecule has 1 aromatic rings. The highest BCUT2D eigenvalue weighted by Crippen LogP contribution is 2.50. The molecule has 4 atom stereocenters. The first-order valence-corrected chi connectivity index (χ1v) is 10.3. The van der Waals surface area contributed by atoms with Crippen molar-refractivity contribution in [1.29, 1.82) is 0 Å². The average Bonchev–Trinajstić information content (AvgIpc) is 3.11. The lowest BCUT2D eigenvalue weighted by molar-refractivity contribution is -0.156. The van der Waals surface area contributed by atoms with Crippen LogP contribution in [0, 0.1) is 17.7 Å². The first kappa shape index (κ1) is 19.8. The second-order valence-corrected chi connectivity index (χ2v) is 7.84. The number of thioether (sulfide) groups is 1. The number of carbonyl (C=O) groups is 3. The third kappa shape index (κ3) is 3.14. The third-order valence-corrected chi connectivity index (χ3v) is 6.03. The van der Waals surface area contributed by atoms with Crippen LogP contribution in [0.4, 0.5) is 4.39 Å². The van der Waals surface area contributed by atoms with Gasteiger partial charge in [0.2, 0.25) is 11.8 Å². The molecule has 2 aliphatic rings. The van der Waals surface area contributed by atoms with Crippen molar-refractivity contribution in [3.63, 3.8) is 0 Å². The number of hydrogen-bond acceptors (Lipinski definition) is 6. The second kappa shape index (κ2) is 7.59. The fourth-order valence-electron chi connectivity index (χ4n) is 4.18. The minimum absolute atomic E-state index is 0.168. The van der Waals surface area contributed by atoms with Gasteiger partial charge in [0.15, 0.2) is 0 Å². The van der Waals surface area contributed by atoms with E-state index >= 15 is 0 Å². The van der Waals surface area contributed by atoms with Gasteiger partial charge >= 0.3 is 5.97 Å². The summed E-state index contributed by atoms with van der Waals surface area (Å²) in [5, 5.41) is 3.23. The lowest BCUT2D eigenvalue weighted by Gasteiger charge is -2.32. The van der Waals surface area contributed by atoms with Crippen molar-refractivity contribution in [3.05, 3.63) is 35.6 Å². The number of nitrogens with zero attached hydrogens (tertiary/aromatic N) is 1. The van der Waals surface area contributed by atoms with Gasteiger partial charge in [-0.1, -0.05) is 12.1 Å². The molecule has 6 nitrogen and oxygen atoms in total. The fourth-order valence-corrected chi connectivity index (χ4v) is 4.70. The van der Waals surface area contributed by atoms with E-state index in [4.69, 9.17) is 4.74 Å². The summed E-state index contributed by atoms with van der Waals surface area (Å²) < 4.78 is 19.1. The molecule has 1 aromatic carbocycles. The van der Waals surface area contributed by atoms with Crippen molar-refractivity contribution in [2.45, 2.75) is 24.9 Å². The molecule has 2 amide bonds. The molecule has 0 unspecified atom stereocenters. The predicted molar refractivity (Wildman–Crippen MR) is 99.4 cm³/mol. The lowest BCUT2D eigenvalue weighted by atomic mass is 9.78. The zero-order valence-corrected chi connectivity index (χ0v) is 16.3. The number of fused-ring (bicyclic) bond motifs is 1. The maximum Gasteiger partial charge on any atom is 0.327 e. The predicted octanol–water partition coefficient (Wildman–Crippen LogP) is 1.76. The van der Waals surface area contributed by atoms with E-state index in [2.05, 4.69) is 5.32 Å². The van der Waals surface area contributed by atoms with Gasteiger partial charge in [-0.2, -0.15) is 11.8 Å². The smallest absolute Gasteiger partial charge is 0.327 e. The molecule has 0 bridgehead atoms. The minimum atomic E-state index is -1.31. The van der Waals surface area contributed by atoms with E-state index in [9.17, 15) is 18.8 Å². The van der Waals surface area contributed by atoms with Gasteiger partial charge in [-0.25, -0.2) is 4.39 Å². The first-order chi connectivity index (χ1) is 12.9. The monoisotopic (exact) mass is 394 g/mol. The maximum absolute atomic E-state index is 13.8. The standard InChI is InChI=1S/C19H23FN2O4S/c1-4-26-18(25)19(8-9-27-3)14-13(16(23)22(2)17(14)24)15(21-19)11-6-5-7-12(20)10-11/h5-7,10,13-15,21H,4,8-9H2,1-3H3/t13-,14+,15-,19-/m0/s1. The Morgan fingerprint density at radius 3 is 2.74 bits per heavy atom. The summed E-state index contributed by atoms with van der Waals surface area (Å²) in [6.07, 6.45) is 2.25. The minimum Gasteiger partial charge on any atom is -0.465 e. The Morgan fingerprint density at radius 2 is 2.11 bits per heavy atom. The van der Waals surface area contributed by atoms with E-state index in [1.807, 2.05) is 6.26 Å². The number of imide groups is 1. The van der Waals surface area contributed by atoms with Gasteiger partial charge in [-0.3, -0.25) is 24.6 Å². The molecule has 2 heterocycles. The van der Waals surface area contributed by atoms with Crippen LogP contribution < -0.4 is 5.32 Å². The zero-order chi connectivity index (χ0) is 19.8. The molecule has 8 heteroatoms. The van der Waals surface area contributed by atoms with E-state index in [1.165, 1.54) is 19.2 Å². The lowest BCUT2D eigenvalue weighted by Crippen LogP contribution is -2.56. The highest BCUT2D eigenvalue weighted by Gasteiger charge is 2.67. The second-order valence-electron chi connectivity index (χ2n) is 6.85. The molecular weight excluding hydrogens is 371 g/mol. The zero-order valence-electron chi connectivity index (χ0n) is 15.5. The Balaban J connectivity index is 2.12. The van der Waals surface area contributed by atoms with E-state index < -0.39 is 41.1 Å². The van der Waals surface area contributed by atoms with Crippen molar-refractivity contribution in [2.75, 3.05) is 25.7 Å². The van der Waals surface area contributed by atoms with Gasteiger partial charge in [0.05, 0.1) is 18.4 Å². The number of hydrogen-bond donors (Lipinski definition) is 1.